The van der Waals surface area contributed by atoms with Crippen LogP contribution in [0.1, 0.15) is 10.4 Å². The molecule has 1 N–H and O–H groups in total. The van der Waals surface area contributed by atoms with Gasteiger partial charge in [0.15, 0.2) is 0 Å². The third kappa shape index (κ3) is 3.02. The Morgan fingerprint density at radius 2 is 1.88 bits per heavy atom. The van der Waals surface area contributed by atoms with Crippen LogP contribution in [0.25, 0.3) is 16.2 Å². The van der Waals surface area contributed by atoms with Crippen LogP contribution in [0.15, 0.2) is 53.9 Å². The third-order valence-electron chi connectivity index (χ3n) is 3.80. The van der Waals surface area contributed by atoms with Crippen LogP contribution >= 0.6 is 11.3 Å². The fraction of sp³-hybridized carbons (Fsp3) is 0.0556. The lowest BCUT2D eigenvalue weighted by atomic mass is 10.2. The first-order valence-corrected chi connectivity index (χ1v) is 8.57. The minimum absolute atomic E-state index is 0.209. The molecule has 8 heteroatoms. The number of aromatic nitrogens is 3. The summed E-state index contributed by atoms with van der Waals surface area (Å²) in [6.45, 7) is 0. The average molecular weight is 368 g/mol. The predicted octanol–water partition coefficient (Wildman–Crippen LogP) is 3.86. The molecule has 2 aromatic carbocycles. The van der Waals surface area contributed by atoms with Gasteiger partial charge in [-0.2, -0.15) is 4.98 Å². The summed E-state index contributed by atoms with van der Waals surface area (Å²) >= 11 is 1.39. The van der Waals surface area contributed by atoms with E-state index in [-0.39, 0.29) is 17.7 Å². The van der Waals surface area contributed by atoms with E-state index < -0.39 is 0 Å². The highest BCUT2D eigenvalue weighted by Gasteiger charge is 2.14. The zero-order chi connectivity index (χ0) is 18.1. The van der Waals surface area contributed by atoms with Gasteiger partial charge in [0.25, 0.3) is 11.9 Å². The number of nitrogens with one attached hydrogen (secondary N) is 1. The summed E-state index contributed by atoms with van der Waals surface area (Å²) in [6.07, 6.45) is 0. The second kappa shape index (κ2) is 6.57. The Morgan fingerprint density at radius 3 is 2.58 bits per heavy atom. The fourth-order valence-corrected chi connectivity index (χ4v) is 3.30. The van der Waals surface area contributed by atoms with E-state index in [4.69, 9.17) is 4.74 Å². The number of ether oxygens (including phenoxy) is 1. The highest BCUT2D eigenvalue weighted by atomic mass is 32.1. The van der Waals surface area contributed by atoms with Gasteiger partial charge in [0.2, 0.25) is 4.96 Å². The van der Waals surface area contributed by atoms with Crippen molar-refractivity contribution in [1.82, 2.24) is 14.6 Å². The molecule has 0 fully saturated rings. The molecule has 0 radical (unpaired) electrons. The molecule has 1 amide bonds. The Morgan fingerprint density at radius 1 is 1.15 bits per heavy atom. The van der Waals surface area contributed by atoms with Gasteiger partial charge in [-0.3, -0.25) is 10.1 Å². The maximum Gasteiger partial charge on any atom is 0.258 e. The lowest BCUT2D eigenvalue weighted by Gasteiger charge is -2.03. The van der Waals surface area contributed by atoms with E-state index in [0.29, 0.717) is 16.3 Å². The van der Waals surface area contributed by atoms with Crippen molar-refractivity contribution in [3.05, 3.63) is 65.3 Å². The van der Waals surface area contributed by atoms with Crippen LogP contribution in [0, 0.1) is 5.82 Å². The molecule has 0 aliphatic carbocycles. The number of amides is 1. The first-order chi connectivity index (χ1) is 12.6. The molecule has 0 atom stereocenters. The van der Waals surface area contributed by atoms with Crippen LogP contribution < -0.4 is 10.1 Å². The minimum Gasteiger partial charge on any atom is -0.497 e. The number of halogens is 1. The Bertz CT molecular complexity index is 1070. The summed E-state index contributed by atoms with van der Waals surface area (Å²) in [6, 6.07) is 12.9. The number of carbonyl (C=O) groups is 1. The van der Waals surface area contributed by atoms with Gasteiger partial charge in [0.1, 0.15) is 11.6 Å². The molecule has 0 bridgehead atoms. The van der Waals surface area contributed by atoms with Crippen molar-refractivity contribution in [3.8, 4) is 17.0 Å². The van der Waals surface area contributed by atoms with Crippen LogP contribution in [0.4, 0.5) is 10.3 Å². The van der Waals surface area contributed by atoms with Crippen LogP contribution in [0.3, 0.4) is 0 Å². The Kier molecular flexibility index (Phi) is 4.10. The Labute approximate surface area is 151 Å². The van der Waals surface area contributed by atoms with Gasteiger partial charge in [-0.25, -0.2) is 8.91 Å². The summed E-state index contributed by atoms with van der Waals surface area (Å²) in [5, 5.41) is 8.91. The largest absolute Gasteiger partial charge is 0.497 e. The molecule has 4 rings (SSSR count). The second-order valence-corrected chi connectivity index (χ2v) is 6.28. The third-order valence-corrected chi connectivity index (χ3v) is 4.62. The Balaban J connectivity index is 1.59. The zero-order valence-electron chi connectivity index (χ0n) is 13.6. The SMILES string of the molecule is COc1ccc(C(=O)Nc2nc3scc(-c4ccc(F)cc4)n3n2)cc1. The van der Waals surface area contributed by atoms with Crippen LogP contribution in [-0.2, 0) is 0 Å². The molecule has 2 heterocycles. The van der Waals surface area contributed by atoms with Gasteiger partial charge in [0, 0.05) is 16.5 Å². The molecule has 130 valence electrons. The molecule has 4 aromatic rings. The van der Waals surface area contributed by atoms with Crippen molar-refractivity contribution in [3.63, 3.8) is 0 Å². The number of hydrogen-bond donors (Lipinski definition) is 1. The summed E-state index contributed by atoms with van der Waals surface area (Å²) < 4.78 is 19.8. The fourth-order valence-electron chi connectivity index (χ4n) is 2.47. The highest BCUT2D eigenvalue weighted by Crippen LogP contribution is 2.26. The van der Waals surface area contributed by atoms with Crippen LogP contribution in [-0.4, -0.2) is 27.6 Å². The van der Waals surface area contributed by atoms with E-state index >= 15 is 0 Å². The predicted molar refractivity (Wildman–Crippen MR) is 97.2 cm³/mol. The number of methoxy groups -OCH3 is 1. The number of rotatable bonds is 4. The van der Waals surface area contributed by atoms with Crippen LogP contribution in [0.2, 0.25) is 0 Å². The van der Waals surface area contributed by atoms with E-state index in [0.717, 1.165) is 11.3 Å². The number of anilines is 1. The van der Waals surface area contributed by atoms with Gasteiger partial charge in [-0.1, -0.05) is 0 Å². The van der Waals surface area contributed by atoms with E-state index in [2.05, 4.69) is 15.4 Å². The quantitative estimate of drug-likeness (QED) is 0.594. The molecular weight excluding hydrogens is 355 g/mol. The van der Waals surface area contributed by atoms with Gasteiger partial charge < -0.3 is 4.74 Å². The van der Waals surface area contributed by atoms with Gasteiger partial charge >= 0.3 is 0 Å². The number of benzene rings is 2. The number of carbonyl (C=O) groups excluding carboxylic acids is 1. The summed E-state index contributed by atoms with van der Waals surface area (Å²) in [5.74, 6) is 0.271. The highest BCUT2D eigenvalue weighted by molar-refractivity contribution is 7.15. The standard InChI is InChI=1S/C18H13FN4O2S/c1-25-14-8-4-12(5-9-14)16(24)20-17-21-18-23(22-17)15(10-26-18)11-2-6-13(19)7-3-11/h2-10H,1H3,(H,20,22,24). The number of fused-ring (bicyclic) bond motifs is 1. The van der Waals surface area contributed by atoms with Crippen molar-refractivity contribution in [2.24, 2.45) is 0 Å². The summed E-state index contributed by atoms with van der Waals surface area (Å²) in [7, 11) is 1.57. The number of nitrogens with zero attached hydrogens (tertiary/aromatic N) is 3. The molecule has 0 spiro atoms. The van der Waals surface area contributed by atoms with E-state index in [1.165, 1.54) is 23.5 Å². The maximum atomic E-state index is 13.1. The molecule has 6 nitrogen and oxygen atoms in total. The van der Waals surface area contributed by atoms with E-state index in [1.54, 1.807) is 48.0 Å². The lowest BCUT2D eigenvalue weighted by molar-refractivity contribution is 0.102. The molecule has 0 aliphatic heterocycles. The summed E-state index contributed by atoms with van der Waals surface area (Å²) in [5.41, 5.74) is 2.07. The van der Waals surface area contributed by atoms with Gasteiger partial charge in [-0.15, -0.1) is 16.4 Å². The molecule has 26 heavy (non-hydrogen) atoms. The van der Waals surface area contributed by atoms with Crippen molar-refractivity contribution >= 4 is 28.2 Å². The van der Waals surface area contributed by atoms with Crippen molar-refractivity contribution in [1.29, 1.82) is 0 Å². The van der Waals surface area contributed by atoms with Gasteiger partial charge in [-0.05, 0) is 48.5 Å². The van der Waals surface area contributed by atoms with Crippen molar-refractivity contribution in [2.75, 3.05) is 12.4 Å². The first kappa shape index (κ1) is 16.2. The summed E-state index contributed by atoms with van der Waals surface area (Å²) in [4.78, 5) is 17.3. The molecular formula is C18H13FN4O2S. The lowest BCUT2D eigenvalue weighted by Crippen LogP contribution is -2.13. The maximum absolute atomic E-state index is 13.1. The van der Waals surface area contributed by atoms with E-state index in [9.17, 15) is 9.18 Å². The first-order valence-electron chi connectivity index (χ1n) is 7.69. The van der Waals surface area contributed by atoms with E-state index in [1.807, 2.05) is 5.38 Å². The second-order valence-electron chi connectivity index (χ2n) is 5.44. The van der Waals surface area contributed by atoms with Crippen molar-refractivity contribution < 1.29 is 13.9 Å². The zero-order valence-corrected chi connectivity index (χ0v) is 14.5. The molecule has 0 unspecified atom stereocenters. The minimum atomic E-state index is -0.311. The van der Waals surface area contributed by atoms with Gasteiger partial charge in [0.05, 0.1) is 12.8 Å². The van der Waals surface area contributed by atoms with Crippen LogP contribution in [0.5, 0.6) is 5.75 Å². The average Bonchev–Trinajstić information content (AvgIpc) is 3.22. The number of hydrogen-bond acceptors (Lipinski definition) is 5. The van der Waals surface area contributed by atoms with Crippen molar-refractivity contribution in [2.45, 2.75) is 0 Å². The normalized spacial score (nSPS) is 10.8. The molecule has 0 saturated carbocycles. The molecule has 2 aromatic heterocycles. The smallest absolute Gasteiger partial charge is 0.258 e. The number of thiazole rings is 1. The molecule has 0 aliphatic rings. The Hall–Kier alpha value is -3.26. The monoisotopic (exact) mass is 368 g/mol. The molecule has 0 saturated heterocycles. The topological polar surface area (TPSA) is 68.5 Å².